The number of nitrogens with zero attached hydrogens (tertiary/aromatic N) is 5. The summed E-state index contributed by atoms with van der Waals surface area (Å²) >= 11 is 6.18. The minimum absolute atomic E-state index is 0.211. The van der Waals surface area contributed by atoms with Crippen molar-refractivity contribution in [2.24, 2.45) is 0 Å². The van der Waals surface area contributed by atoms with Crippen LogP contribution in [0.5, 0.6) is 0 Å². The summed E-state index contributed by atoms with van der Waals surface area (Å²) in [4.78, 5) is 21.0. The zero-order valence-corrected chi connectivity index (χ0v) is 20.2. The molecule has 1 aliphatic heterocycles. The van der Waals surface area contributed by atoms with Crippen molar-refractivity contribution in [1.82, 2.24) is 25.3 Å². The van der Waals surface area contributed by atoms with Crippen molar-refractivity contribution < 1.29 is 4.74 Å². The van der Waals surface area contributed by atoms with Crippen LogP contribution in [0.1, 0.15) is 29.9 Å². The van der Waals surface area contributed by atoms with E-state index in [4.69, 9.17) is 26.3 Å². The first-order valence-corrected chi connectivity index (χ1v) is 12.5. The highest BCUT2D eigenvalue weighted by atomic mass is 35.5. The van der Waals surface area contributed by atoms with Gasteiger partial charge in [-0.25, -0.2) is 15.0 Å². The van der Waals surface area contributed by atoms with Crippen LogP contribution in [0.25, 0.3) is 22.3 Å². The highest BCUT2D eigenvalue weighted by Crippen LogP contribution is 2.44. The third kappa shape index (κ3) is 4.98. The highest BCUT2D eigenvalue weighted by Gasteiger charge is 2.30. The maximum Gasteiger partial charge on any atom is 0.162 e. The predicted molar refractivity (Wildman–Crippen MR) is 138 cm³/mol. The first-order chi connectivity index (χ1) is 17.2. The van der Waals surface area contributed by atoms with Gasteiger partial charge in [-0.2, -0.15) is 0 Å². The van der Waals surface area contributed by atoms with Crippen LogP contribution in [0.3, 0.4) is 0 Å². The number of nitrogens with one attached hydrogen (secondary N) is 1. The van der Waals surface area contributed by atoms with Gasteiger partial charge >= 0.3 is 0 Å². The second-order valence-corrected chi connectivity index (χ2v) is 9.62. The van der Waals surface area contributed by atoms with Crippen molar-refractivity contribution in [3.05, 3.63) is 77.3 Å². The molecule has 1 saturated carbocycles. The van der Waals surface area contributed by atoms with Crippen molar-refractivity contribution >= 4 is 28.3 Å². The largest absolute Gasteiger partial charge is 0.375 e. The lowest BCUT2D eigenvalue weighted by molar-refractivity contribution is 0.0971. The monoisotopic (exact) mass is 486 g/mol. The number of fused-ring (bicyclic) bond motifs is 1. The minimum atomic E-state index is 0.211. The quantitative estimate of drug-likeness (QED) is 0.382. The zero-order valence-electron chi connectivity index (χ0n) is 19.4. The Kier molecular flexibility index (Phi) is 6.29. The van der Waals surface area contributed by atoms with Crippen LogP contribution in [-0.2, 0) is 11.3 Å². The van der Waals surface area contributed by atoms with Crippen LogP contribution in [0.4, 0.5) is 5.82 Å². The molecule has 1 aliphatic carbocycles. The molecule has 178 valence electrons. The van der Waals surface area contributed by atoms with Gasteiger partial charge in [-0.1, -0.05) is 41.9 Å². The van der Waals surface area contributed by atoms with Crippen molar-refractivity contribution in [3.8, 4) is 11.4 Å². The third-order valence-electron chi connectivity index (χ3n) is 6.60. The predicted octanol–water partition coefficient (Wildman–Crippen LogP) is 4.61. The van der Waals surface area contributed by atoms with Crippen LogP contribution in [-0.4, -0.2) is 52.2 Å². The van der Waals surface area contributed by atoms with E-state index in [1.165, 1.54) is 24.0 Å². The fraction of sp³-hybridized carbons (Fsp3) is 0.333. The van der Waals surface area contributed by atoms with Gasteiger partial charge in [0.15, 0.2) is 5.82 Å². The van der Waals surface area contributed by atoms with Gasteiger partial charge < -0.3 is 15.0 Å². The van der Waals surface area contributed by atoms with Crippen molar-refractivity contribution in [2.75, 3.05) is 31.1 Å². The van der Waals surface area contributed by atoms with E-state index in [1.54, 1.807) is 6.20 Å². The third-order valence-corrected chi connectivity index (χ3v) is 6.81. The first-order valence-electron chi connectivity index (χ1n) is 12.1. The molecule has 8 heteroatoms. The molecule has 2 fully saturated rings. The Morgan fingerprint density at radius 3 is 2.80 bits per heavy atom. The Bertz CT molecular complexity index is 1330. The van der Waals surface area contributed by atoms with Crippen LogP contribution in [0.2, 0.25) is 5.15 Å². The second kappa shape index (κ2) is 9.85. The topological polar surface area (TPSA) is 76.1 Å². The molecule has 0 radical (unpaired) electrons. The van der Waals surface area contributed by atoms with E-state index in [-0.39, 0.29) is 6.04 Å². The minimum Gasteiger partial charge on any atom is -0.375 e. The number of aromatic nitrogens is 4. The average molecular weight is 487 g/mol. The lowest BCUT2D eigenvalue weighted by Crippen LogP contribution is -2.53. The van der Waals surface area contributed by atoms with E-state index in [1.807, 2.05) is 42.7 Å². The molecule has 4 heterocycles. The summed E-state index contributed by atoms with van der Waals surface area (Å²) in [5.74, 6) is 2.15. The number of benzene rings is 1. The molecule has 1 N–H and O–H groups in total. The summed E-state index contributed by atoms with van der Waals surface area (Å²) in [5.41, 5.74) is 4.16. The van der Waals surface area contributed by atoms with E-state index in [0.717, 1.165) is 41.9 Å². The normalized spacial score (nSPS) is 18.2. The maximum absolute atomic E-state index is 6.18. The number of halogens is 1. The van der Waals surface area contributed by atoms with Gasteiger partial charge in [0.25, 0.3) is 0 Å². The molecule has 0 amide bonds. The number of pyridine rings is 2. The van der Waals surface area contributed by atoms with Crippen molar-refractivity contribution in [2.45, 2.75) is 31.4 Å². The Morgan fingerprint density at radius 1 is 1.09 bits per heavy atom. The number of ether oxygens (including phenoxy) is 1. The molecule has 6 rings (SSSR count). The lowest BCUT2D eigenvalue weighted by Gasteiger charge is -2.35. The summed E-state index contributed by atoms with van der Waals surface area (Å²) in [7, 11) is 0. The van der Waals surface area contributed by atoms with Crippen LogP contribution >= 0.6 is 11.6 Å². The zero-order chi connectivity index (χ0) is 23.6. The molecule has 4 aromatic rings. The summed E-state index contributed by atoms with van der Waals surface area (Å²) in [5, 5.41) is 5.16. The standard InChI is InChI=1S/C27H27ClN6O/c28-24-12-20(8-9-31-24)26-32-23-14-29-13-22(19-6-7-19)25(23)27(33-26)34-11-10-30-21(15-34)17-35-16-18-4-2-1-3-5-18/h1-5,8-9,12-14,19,21,30H,6-7,10-11,15-17H2/t21-/m1/s1. The number of piperazine rings is 1. The Morgan fingerprint density at radius 2 is 1.97 bits per heavy atom. The Hall–Kier alpha value is -3.13. The highest BCUT2D eigenvalue weighted by molar-refractivity contribution is 6.29. The fourth-order valence-electron chi connectivity index (χ4n) is 4.71. The molecule has 0 spiro atoms. The van der Waals surface area contributed by atoms with E-state index in [9.17, 15) is 0 Å². The van der Waals surface area contributed by atoms with Gasteiger partial charge in [-0.15, -0.1) is 0 Å². The molecule has 35 heavy (non-hydrogen) atoms. The molecule has 1 atom stereocenters. The molecular formula is C27H27ClN6O. The summed E-state index contributed by atoms with van der Waals surface area (Å²) in [6.45, 7) is 3.79. The van der Waals surface area contributed by atoms with Crippen molar-refractivity contribution in [1.29, 1.82) is 0 Å². The van der Waals surface area contributed by atoms with Crippen LogP contribution < -0.4 is 10.2 Å². The number of anilines is 1. The maximum atomic E-state index is 6.18. The first kappa shape index (κ1) is 22.3. The van der Waals surface area contributed by atoms with Gasteiger partial charge in [0, 0.05) is 49.0 Å². The fourth-order valence-corrected chi connectivity index (χ4v) is 4.89. The molecule has 2 aliphatic rings. The summed E-state index contributed by atoms with van der Waals surface area (Å²) < 4.78 is 6.06. The molecule has 1 aromatic carbocycles. The summed E-state index contributed by atoms with van der Waals surface area (Å²) in [6, 6.07) is 14.2. The lowest BCUT2D eigenvalue weighted by atomic mass is 10.1. The van der Waals surface area contributed by atoms with Crippen LogP contribution in [0, 0.1) is 0 Å². The average Bonchev–Trinajstić information content (AvgIpc) is 3.74. The number of hydrogen-bond acceptors (Lipinski definition) is 7. The van der Waals surface area contributed by atoms with Crippen molar-refractivity contribution in [3.63, 3.8) is 0 Å². The number of hydrogen-bond donors (Lipinski definition) is 1. The molecule has 1 saturated heterocycles. The van der Waals surface area contributed by atoms with Gasteiger partial charge in [-0.05, 0) is 42.0 Å². The molecule has 7 nitrogen and oxygen atoms in total. The second-order valence-electron chi connectivity index (χ2n) is 9.23. The molecule has 0 unspecified atom stereocenters. The van der Waals surface area contributed by atoms with E-state index >= 15 is 0 Å². The molecule has 0 bridgehead atoms. The van der Waals surface area contributed by atoms with E-state index in [0.29, 0.717) is 30.1 Å². The smallest absolute Gasteiger partial charge is 0.162 e. The molecule has 3 aromatic heterocycles. The van der Waals surface area contributed by atoms with Crippen LogP contribution in [0.15, 0.2) is 61.1 Å². The van der Waals surface area contributed by atoms with Gasteiger partial charge in [0.05, 0.1) is 24.9 Å². The summed E-state index contributed by atoms with van der Waals surface area (Å²) in [6.07, 6.45) is 7.92. The Labute approximate surface area is 209 Å². The SMILES string of the molecule is Clc1cc(-c2nc(N3CCN[C@@H](COCc4ccccc4)C3)c3c(C4CC4)cncc3n2)ccn1. The van der Waals surface area contributed by atoms with Gasteiger partial charge in [0.1, 0.15) is 11.0 Å². The number of rotatable bonds is 7. The van der Waals surface area contributed by atoms with E-state index in [2.05, 4.69) is 32.3 Å². The Balaban J connectivity index is 1.31. The van der Waals surface area contributed by atoms with Gasteiger partial charge in [-0.3, -0.25) is 4.98 Å². The van der Waals surface area contributed by atoms with E-state index < -0.39 is 0 Å². The molecular weight excluding hydrogens is 460 g/mol. The van der Waals surface area contributed by atoms with Gasteiger partial charge in [0.2, 0.25) is 0 Å².